The molecule has 3 N–H and O–H groups in total. The second-order valence-electron chi connectivity index (χ2n) is 5.37. The number of rotatable bonds is 5. The van der Waals surface area contributed by atoms with Gasteiger partial charge in [0.05, 0.1) is 6.54 Å². The van der Waals surface area contributed by atoms with Crippen LogP contribution < -0.4 is 10.5 Å². The highest BCUT2D eigenvalue weighted by atomic mass is 32.1. The van der Waals surface area contributed by atoms with Crippen LogP contribution in [0, 0.1) is 5.92 Å². The minimum absolute atomic E-state index is 0.0119. The molecule has 1 aromatic carbocycles. The van der Waals surface area contributed by atoms with Gasteiger partial charge < -0.3 is 10.5 Å². The standard InChI is InChI=1S/C16H17N3O2S/c17-16(22)19(20)10-12-9-14(12)11-4-3-5-13(8-11)21-15-6-1-2-7-18-15/h1-8,12,14,20H,9-10H2,(H2,17,22). The van der Waals surface area contributed by atoms with Gasteiger partial charge in [0.15, 0.2) is 5.11 Å². The highest BCUT2D eigenvalue weighted by Crippen LogP contribution is 2.48. The maximum absolute atomic E-state index is 9.59. The summed E-state index contributed by atoms with van der Waals surface area (Å²) in [6.07, 6.45) is 2.70. The van der Waals surface area contributed by atoms with Crippen molar-refractivity contribution in [1.82, 2.24) is 10.0 Å². The van der Waals surface area contributed by atoms with Crippen LogP contribution >= 0.6 is 12.2 Å². The molecule has 1 aliphatic carbocycles. The van der Waals surface area contributed by atoms with Crippen LogP contribution in [0.1, 0.15) is 17.9 Å². The summed E-state index contributed by atoms with van der Waals surface area (Å²) in [5, 5.41) is 10.5. The Morgan fingerprint density at radius 2 is 2.23 bits per heavy atom. The maximum Gasteiger partial charge on any atom is 0.219 e. The molecule has 5 nitrogen and oxygen atoms in total. The monoisotopic (exact) mass is 315 g/mol. The molecule has 3 rings (SSSR count). The zero-order chi connectivity index (χ0) is 15.5. The van der Waals surface area contributed by atoms with E-state index >= 15 is 0 Å². The zero-order valence-corrected chi connectivity index (χ0v) is 12.7. The number of hydrogen-bond donors (Lipinski definition) is 2. The molecule has 6 heteroatoms. The van der Waals surface area contributed by atoms with Gasteiger partial charge in [-0.15, -0.1) is 0 Å². The van der Waals surface area contributed by atoms with Crippen molar-refractivity contribution in [3.05, 3.63) is 54.2 Å². The smallest absolute Gasteiger partial charge is 0.219 e. The van der Waals surface area contributed by atoms with Gasteiger partial charge in [0, 0.05) is 12.3 Å². The Bertz CT molecular complexity index is 665. The first kappa shape index (κ1) is 14.7. The molecular formula is C16H17N3O2S. The highest BCUT2D eigenvalue weighted by Gasteiger charge is 2.39. The molecule has 1 saturated carbocycles. The third-order valence-electron chi connectivity index (χ3n) is 3.73. The topological polar surface area (TPSA) is 71.6 Å². The van der Waals surface area contributed by atoms with Crippen LogP contribution in [0.4, 0.5) is 0 Å². The molecule has 0 bridgehead atoms. The molecule has 2 atom stereocenters. The quantitative estimate of drug-likeness (QED) is 0.653. The fourth-order valence-electron chi connectivity index (χ4n) is 2.51. The van der Waals surface area contributed by atoms with Gasteiger partial charge in [-0.05, 0) is 54.2 Å². The van der Waals surface area contributed by atoms with Crippen LogP contribution in [0.3, 0.4) is 0 Å². The van der Waals surface area contributed by atoms with E-state index in [0.717, 1.165) is 17.2 Å². The summed E-state index contributed by atoms with van der Waals surface area (Å²) in [7, 11) is 0. The lowest BCUT2D eigenvalue weighted by Crippen LogP contribution is -2.34. The van der Waals surface area contributed by atoms with Crippen molar-refractivity contribution in [3.63, 3.8) is 0 Å². The Morgan fingerprint density at radius 3 is 2.95 bits per heavy atom. The number of thiocarbonyl (C=S) groups is 1. The minimum atomic E-state index is 0.0119. The Labute approximate surface area is 134 Å². The minimum Gasteiger partial charge on any atom is -0.439 e. The Balaban J connectivity index is 1.64. The van der Waals surface area contributed by atoms with Gasteiger partial charge in [0.25, 0.3) is 0 Å². The molecule has 0 saturated heterocycles. The lowest BCUT2D eigenvalue weighted by atomic mass is 10.1. The average Bonchev–Trinajstić information content (AvgIpc) is 3.28. The molecule has 2 unspecified atom stereocenters. The van der Waals surface area contributed by atoms with E-state index in [0.29, 0.717) is 24.3 Å². The number of ether oxygens (including phenoxy) is 1. The molecule has 0 amide bonds. The van der Waals surface area contributed by atoms with Crippen LogP contribution in [0.2, 0.25) is 0 Å². The first-order valence-electron chi connectivity index (χ1n) is 7.08. The number of hydroxylamine groups is 2. The predicted molar refractivity (Wildman–Crippen MR) is 86.9 cm³/mol. The Kier molecular flexibility index (Phi) is 4.22. The van der Waals surface area contributed by atoms with Gasteiger partial charge in [-0.25, -0.2) is 10.0 Å². The number of aromatic nitrogens is 1. The van der Waals surface area contributed by atoms with Crippen molar-refractivity contribution < 1.29 is 9.94 Å². The first-order valence-corrected chi connectivity index (χ1v) is 7.49. The Morgan fingerprint density at radius 1 is 1.36 bits per heavy atom. The zero-order valence-electron chi connectivity index (χ0n) is 11.9. The molecular weight excluding hydrogens is 298 g/mol. The van der Waals surface area contributed by atoms with Gasteiger partial charge >= 0.3 is 0 Å². The van der Waals surface area contributed by atoms with E-state index in [4.69, 9.17) is 22.7 Å². The molecule has 1 fully saturated rings. The predicted octanol–water partition coefficient (Wildman–Crippen LogP) is 2.91. The largest absolute Gasteiger partial charge is 0.439 e. The molecule has 22 heavy (non-hydrogen) atoms. The van der Waals surface area contributed by atoms with Crippen LogP contribution in [-0.4, -0.2) is 26.9 Å². The SMILES string of the molecule is NC(=S)N(O)CC1CC1c1cccc(Oc2ccccn2)c1. The number of benzene rings is 1. The Hall–Kier alpha value is -2.18. The van der Waals surface area contributed by atoms with Crippen LogP contribution in [0.5, 0.6) is 11.6 Å². The van der Waals surface area contributed by atoms with Crippen LogP contribution in [0.25, 0.3) is 0 Å². The summed E-state index contributed by atoms with van der Waals surface area (Å²) in [5.74, 6) is 2.09. The summed E-state index contributed by atoms with van der Waals surface area (Å²) >= 11 is 4.74. The van der Waals surface area contributed by atoms with Crippen LogP contribution in [-0.2, 0) is 0 Å². The van der Waals surface area contributed by atoms with Crippen molar-refractivity contribution in [2.24, 2.45) is 11.7 Å². The molecule has 1 heterocycles. The number of nitrogens with zero attached hydrogens (tertiary/aromatic N) is 2. The summed E-state index contributed by atoms with van der Waals surface area (Å²) in [6, 6.07) is 13.5. The van der Waals surface area contributed by atoms with Crippen molar-refractivity contribution in [2.45, 2.75) is 12.3 Å². The molecule has 1 aliphatic rings. The molecule has 114 valence electrons. The number of pyridine rings is 1. The van der Waals surface area contributed by atoms with Crippen molar-refractivity contribution in [3.8, 4) is 11.6 Å². The van der Waals surface area contributed by atoms with Gasteiger partial charge in [-0.2, -0.15) is 0 Å². The molecule has 1 aromatic heterocycles. The van der Waals surface area contributed by atoms with E-state index in [1.807, 2.05) is 36.4 Å². The third-order valence-corrected chi connectivity index (χ3v) is 3.94. The molecule has 0 aliphatic heterocycles. The summed E-state index contributed by atoms with van der Waals surface area (Å²) in [4.78, 5) is 4.15. The van der Waals surface area contributed by atoms with E-state index in [-0.39, 0.29) is 5.11 Å². The van der Waals surface area contributed by atoms with E-state index in [1.165, 1.54) is 5.56 Å². The van der Waals surface area contributed by atoms with E-state index in [1.54, 1.807) is 6.20 Å². The number of nitrogens with two attached hydrogens (primary N) is 1. The maximum atomic E-state index is 9.59. The van der Waals surface area contributed by atoms with Gasteiger partial charge in [-0.1, -0.05) is 18.2 Å². The molecule has 2 aromatic rings. The second-order valence-corrected chi connectivity index (χ2v) is 5.78. The molecule has 0 radical (unpaired) electrons. The van der Waals surface area contributed by atoms with Crippen LogP contribution in [0.15, 0.2) is 48.7 Å². The summed E-state index contributed by atoms with van der Waals surface area (Å²) in [5.41, 5.74) is 6.58. The summed E-state index contributed by atoms with van der Waals surface area (Å²) < 4.78 is 5.74. The lowest BCUT2D eigenvalue weighted by molar-refractivity contribution is -0.0173. The van der Waals surface area contributed by atoms with Crippen molar-refractivity contribution in [1.29, 1.82) is 0 Å². The van der Waals surface area contributed by atoms with Crippen molar-refractivity contribution in [2.75, 3.05) is 6.54 Å². The third kappa shape index (κ3) is 3.52. The summed E-state index contributed by atoms with van der Waals surface area (Å²) in [6.45, 7) is 0.464. The van der Waals surface area contributed by atoms with Gasteiger partial charge in [0.2, 0.25) is 5.88 Å². The number of hydrogen-bond acceptors (Lipinski definition) is 4. The fraction of sp³-hybridized carbons (Fsp3) is 0.250. The molecule has 0 spiro atoms. The average molecular weight is 315 g/mol. The lowest BCUT2D eigenvalue weighted by Gasteiger charge is -2.14. The highest BCUT2D eigenvalue weighted by molar-refractivity contribution is 7.80. The van der Waals surface area contributed by atoms with E-state index < -0.39 is 0 Å². The van der Waals surface area contributed by atoms with Gasteiger partial charge in [-0.3, -0.25) is 5.21 Å². The first-order chi connectivity index (χ1) is 10.6. The fourth-order valence-corrected chi connectivity index (χ4v) is 2.58. The van der Waals surface area contributed by atoms with E-state index in [9.17, 15) is 5.21 Å². The van der Waals surface area contributed by atoms with Crippen molar-refractivity contribution >= 4 is 17.3 Å². The second kappa shape index (κ2) is 6.29. The normalized spacial score (nSPS) is 19.5. The van der Waals surface area contributed by atoms with E-state index in [2.05, 4.69) is 11.1 Å². The van der Waals surface area contributed by atoms with Gasteiger partial charge in [0.1, 0.15) is 5.75 Å².